The Hall–Kier alpha value is -2.39. The number of halogens is 1. The maximum Gasteiger partial charge on any atom is 0.214 e. The van der Waals surface area contributed by atoms with Crippen LogP contribution < -0.4 is 4.90 Å². The van der Waals surface area contributed by atoms with Crippen molar-refractivity contribution in [3.63, 3.8) is 0 Å². The van der Waals surface area contributed by atoms with E-state index < -0.39 is 0 Å². The van der Waals surface area contributed by atoms with Gasteiger partial charge in [-0.2, -0.15) is 0 Å². The average molecular weight is 388 g/mol. The number of benzene rings is 1. The summed E-state index contributed by atoms with van der Waals surface area (Å²) in [7, 11) is 1.90. The Morgan fingerprint density at radius 3 is 2.74 bits per heavy atom. The summed E-state index contributed by atoms with van der Waals surface area (Å²) in [6.45, 7) is 0. The van der Waals surface area contributed by atoms with Gasteiger partial charge in [0.25, 0.3) is 0 Å². The molecule has 0 spiro atoms. The first kappa shape index (κ1) is 14.2. The number of nitrogens with one attached hydrogen (secondary N) is 1. The Morgan fingerprint density at radius 2 is 1.91 bits per heavy atom. The Bertz CT molecular complexity index is 963. The number of hydrogen-bond donors (Lipinski definition) is 1. The van der Waals surface area contributed by atoms with E-state index >= 15 is 0 Å². The molecule has 3 aromatic heterocycles. The number of hydrogen-bond acceptors (Lipinski definition) is 7. The molecule has 114 valence electrons. The van der Waals surface area contributed by atoms with Crippen molar-refractivity contribution in [3.8, 4) is 10.6 Å². The summed E-state index contributed by atoms with van der Waals surface area (Å²) in [6.07, 6.45) is 3.09. The predicted molar refractivity (Wildman–Crippen MR) is 92.8 cm³/mol. The fourth-order valence-corrected chi connectivity index (χ4v) is 3.24. The van der Waals surface area contributed by atoms with Gasteiger partial charge in [0.05, 0.1) is 6.33 Å². The third-order valence-corrected chi connectivity index (χ3v) is 4.89. The molecule has 9 heteroatoms. The van der Waals surface area contributed by atoms with Gasteiger partial charge in [-0.15, -0.1) is 10.2 Å². The number of rotatable bonds is 3. The number of fused-ring (bicyclic) bond motifs is 1. The summed E-state index contributed by atoms with van der Waals surface area (Å²) in [5.41, 5.74) is 2.43. The second-order valence-electron chi connectivity index (χ2n) is 4.75. The molecule has 1 N–H and O–H groups in total. The smallest absolute Gasteiger partial charge is 0.214 e. The molecule has 0 aliphatic carbocycles. The summed E-state index contributed by atoms with van der Waals surface area (Å²) in [5, 5.41) is 10.1. The lowest BCUT2D eigenvalue weighted by Gasteiger charge is -2.13. The van der Waals surface area contributed by atoms with Gasteiger partial charge in [0.1, 0.15) is 16.9 Å². The van der Waals surface area contributed by atoms with E-state index in [0.29, 0.717) is 11.5 Å². The lowest BCUT2D eigenvalue weighted by atomic mass is 10.2. The molecular weight excluding hydrogens is 378 g/mol. The van der Waals surface area contributed by atoms with Gasteiger partial charge >= 0.3 is 0 Å². The first-order valence-electron chi connectivity index (χ1n) is 6.69. The number of aromatic nitrogens is 6. The van der Waals surface area contributed by atoms with Crippen molar-refractivity contribution in [1.82, 2.24) is 30.1 Å². The molecule has 0 radical (unpaired) electrons. The highest BCUT2D eigenvalue weighted by Gasteiger charge is 2.16. The Balaban J connectivity index is 1.71. The molecule has 4 aromatic rings. The van der Waals surface area contributed by atoms with Crippen molar-refractivity contribution in [2.45, 2.75) is 0 Å². The normalized spacial score (nSPS) is 11.0. The van der Waals surface area contributed by atoms with E-state index in [0.717, 1.165) is 25.7 Å². The summed E-state index contributed by atoms with van der Waals surface area (Å²) >= 11 is 4.93. The van der Waals surface area contributed by atoms with Crippen molar-refractivity contribution in [2.24, 2.45) is 0 Å². The van der Waals surface area contributed by atoms with Crippen LogP contribution in [0.4, 0.5) is 10.9 Å². The number of anilines is 2. The van der Waals surface area contributed by atoms with E-state index in [-0.39, 0.29) is 0 Å². The molecule has 0 aliphatic heterocycles. The minimum absolute atomic E-state index is 0.625. The van der Waals surface area contributed by atoms with Gasteiger partial charge in [0.2, 0.25) is 5.13 Å². The SMILES string of the molecule is CN(c1nnc(-c2ccc(Br)cc2)s1)c1ncnc2nc[nH]c12. The molecule has 4 rings (SSSR count). The molecule has 7 nitrogen and oxygen atoms in total. The van der Waals surface area contributed by atoms with Crippen molar-refractivity contribution in [2.75, 3.05) is 11.9 Å². The van der Waals surface area contributed by atoms with Gasteiger partial charge in [0.15, 0.2) is 11.5 Å². The van der Waals surface area contributed by atoms with Crippen LogP contribution in [0, 0.1) is 0 Å². The first-order chi connectivity index (χ1) is 11.2. The third-order valence-electron chi connectivity index (χ3n) is 3.31. The lowest BCUT2D eigenvalue weighted by Crippen LogP contribution is -2.11. The molecule has 0 unspecified atom stereocenters. The quantitative estimate of drug-likeness (QED) is 0.579. The second-order valence-corrected chi connectivity index (χ2v) is 6.63. The van der Waals surface area contributed by atoms with Crippen molar-refractivity contribution in [3.05, 3.63) is 41.4 Å². The van der Waals surface area contributed by atoms with Crippen LogP contribution in [0.15, 0.2) is 41.4 Å². The fraction of sp³-hybridized carbons (Fsp3) is 0.0714. The molecule has 23 heavy (non-hydrogen) atoms. The van der Waals surface area contributed by atoms with Crippen LogP contribution in [0.2, 0.25) is 0 Å². The zero-order valence-electron chi connectivity index (χ0n) is 11.9. The van der Waals surface area contributed by atoms with Gasteiger partial charge in [-0.05, 0) is 12.1 Å². The average Bonchev–Trinajstić information content (AvgIpc) is 3.23. The van der Waals surface area contributed by atoms with E-state index in [1.54, 1.807) is 6.33 Å². The van der Waals surface area contributed by atoms with Gasteiger partial charge in [-0.1, -0.05) is 39.4 Å². The van der Waals surface area contributed by atoms with Crippen LogP contribution in [0.5, 0.6) is 0 Å². The number of nitrogens with zero attached hydrogens (tertiary/aromatic N) is 6. The standard InChI is InChI=1S/C14H10BrN7S/c1-22(12-10-11(17-6-16-10)18-7-19-12)14-21-20-13(23-14)8-2-4-9(15)5-3-8/h2-7H,1H3,(H,16,17,18,19). The number of imidazole rings is 1. The van der Waals surface area contributed by atoms with Crippen LogP contribution in [0.25, 0.3) is 21.7 Å². The third kappa shape index (κ3) is 2.57. The summed E-state index contributed by atoms with van der Waals surface area (Å²) < 4.78 is 1.03. The zero-order chi connectivity index (χ0) is 15.8. The van der Waals surface area contributed by atoms with Crippen LogP contribution in [-0.4, -0.2) is 37.2 Å². The van der Waals surface area contributed by atoms with E-state index in [1.165, 1.54) is 17.7 Å². The molecule has 0 amide bonds. The van der Waals surface area contributed by atoms with Crippen molar-refractivity contribution < 1.29 is 0 Å². The van der Waals surface area contributed by atoms with Crippen LogP contribution in [0.3, 0.4) is 0 Å². The zero-order valence-corrected chi connectivity index (χ0v) is 14.3. The molecule has 0 saturated heterocycles. The van der Waals surface area contributed by atoms with E-state index in [2.05, 4.69) is 46.1 Å². The molecule has 0 atom stereocenters. The molecule has 0 saturated carbocycles. The van der Waals surface area contributed by atoms with Gasteiger partial charge in [-0.25, -0.2) is 15.0 Å². The van der Waals surface area contributed by atoms with Crippen molar-refractivity contribution in [1.29, 1.82) is 0 Å². The highest BCUT2D eigenvalue weighted by Crippen LogP contribution is 2.33. The summed E-state index contributed by atoms with van der Waals surface area (Å²) in [5.74, 6) is 0.714. The van der Waals surface area contributed by atoms with Crippen molar-refractivity contribution >= 4 is 49.4 Å². The number of aromatic amines is 1. The molecule has 0 bridgehead atoms. The Labute approximate surface area is 143 Å². The molecule has 0 fully saturated rings. The molecular formula is C14H10BrN7S. The number of H-pyrrole nitrogens is 1. The van der Waals surface area contributed by atoms with Crippen LogP contribution >= 0.6 is 27.3 Å². The summed E-state index contributed by atoms with van der Waals surface area (Å²) in [4.78, 5) is 17.5. The summed E-state index contributed by atoms with van der Waals surface area (Å²) in [6, 6.07) is 7.98. The first-order valence-corrected chi connectivity index (χ1v) is 8.30. The monoisotopic (exact) mass is 387 g/mol. The minimum Gasteiger partial charge on any atom is -0.340 e. The predicted octanol–water partition coefficient (Wildman–Crippen LogP) is 3.40. The van der Waals surface area contributed by atoms with Crippen LogP contribution in [0.1, 0.15) is 0 Å². The maximum absolute atomic E-state index is 4.33. The molecule has 1 aromatic carbocycles. The highest BCUT2D eigenvalue weighted by atomic mass is 79.9. The van der Waals surface area contributed by atoms with Crippen LogP contribution in [-0.2, 0) is 0 Å². The van der Waals surface area contributed by atoms with Gasteiger partial charge < -0.3 is 9.88 Å². The Morgan fingerprint density at radius 1 is 1.09 bits per heavy atom. The van der Waals surface area contributed by atoms with E-state index in [1.807, 2.05) is 36.2 Å². The fourth-order valence-electron chi connectivity index (χ4n) is 2.16. The topological polar surface area (TPSA) is 83.5 Å². The van der Waals surface area contributed by atoms with E-state index in [9.17, 15) is 0 Å². The van der Waals surface area contributed by atoms with Gasteiger partial charge in [-0.3, -0.25) is 0 Å². The van der Waals surface area contributed by atoms with E-state index in [4.69, 9.17) is 0 Å². The minimum atomic E-state index is 0.625. The Kier molecular flexibility index (Phi) is 3.50. The highest BCUT2D eigenvalue weighted by molar-refractivity contribution is 9.10. The molecule has 0 aliphatic rings. The second kappa shape index (κ2) is 5.67. The van der Waals surface area contributed by atoms with Gasteiger partial charge in [0, 0.05) is 17.1 Å². The largest absolute Gasteiger partial charge is 0.340 e. The maximum atomic E-state index is 4.33. The molecule has 3 heterocycles. The lowest BCUT2D eigenvalue weighted by molar-refractivity contribution is 1.02.